The molecule has 1 aliphatic carbocycles. The molecule has 0 atom stereocenters. The monoisotopic (exact) mass is 231 g/mol. The number of nitrogens with one attached hydrogen (secondary N) is 1. The highest BCUT2D eigenvalue weighted by atomic mass is 15.1. The minimum Gasteiger partial charge on any atom is -0.354 e. The number of aromatic nitrogens is 2. The highest BCUT2D eigenvalue weighted by Crippen LogP contribution is 2.19. The summed E-state index contributed by atoms with van der Waals surface area (Å²) < 4.78 is 0. The molecule has 0 aromatic carbocycles. The van der Waals surface area contributed by atoms with Crippen molar-refractivity contribution in [1.29, 1.82) is 0 Å². The van der Waals surface area contributed by atoms with E-state index in [-0.39, 0.29) is 0 Å². The third kappa shape index (κ3) is 4.17. The molecular formula is C14H21N3. The second-order valence-electron chi connectivity index (χ2n) is 4.66. The van der Waals surface area contributed by atoms with Gasteiger partial charge in [0.2, 0.25) is 5.95 Å². The Morgan fingerprint density at radius 3 is 3.12 bits per heavy atom. The molecule has 1 aliphatic rings. The van der Waals surface area contributed by atoms with Crippen LogP contribution < -0.4 is 5.32 Å². The lowest BCUT2D eigenvalue weighted by atomic mass is 10.1. The number of hydrogen-bond donors (Lipinski definition) is 1. The molecule has 3 nitrogen and oxygen atoms in total. The Bertz CT molecular complexity index is 385. The fourth-order valence-electron chi connectivity index (χ4n) is 2.18. The third-order valence-electron chi connectivity index (χ3n) is 3.16. The quantitative estimate of drug-likeness (QED) is 0.806. The largest absolute Gasteiger partial charge is 0.354 e. The van der Waals surface area contributed by atoms with Gasteiger partial charge in [0.1, 0.15) is 0 Å². The predicted octanol–water partition coefficient (Wildman–Crippen LogP) is 3.48. The summed E-state index contributed by atoms with van der Waals surface area (Å²) in [4.78, 5) is 8.53. The number of anilines is 1. The van der Waals surface area contributed by atoms with Crippen LogP contribution in [0, 0.1) is 6.92 Å². The summed E-state index contributed by atoms with van der Waals surface area (Å²) >= 11 is 0. The molecule has 0 aliphatic heterocycles. The fourth-order valence-corrected chi connectivity index (χ4v) is 2.18. The maximum absolute atomic E-state index is 4.33. The van der Waals surface area contributed by atoms with Gasteiger partial charge in [-0.1, -0.05) is 18.1 Å². The van der Waals surface area contributed by atoms with Crippen LogP contribution in [0.3, 0.4) is 0 Å². The molecule has 0 saturated carbocycles. The summed E-state index contributed by atoms with van der Waals surface area (Å²) in [6.07, 6.45) is 12.0. The van der Waals surface area contributed by atoms with Crippen molar-refractivity contribution in [2.24, 2.45) is 0 Å². The molecule has 0 saturated heterocycles. The number of allylic oxidation sites excluding steroid dienone is 1. The van der Waals surface area contributed by atoms with E-state index in [4.69, 9.17) is 0 Å². The zero-order chi connectivity index (χ0) is 11.9. The molecule has 1 heterocycles. The molecule has 0 bridgehead atoms. The Morgan fingerprint density at radius 2 is 2.24 bits per heavy atom. The molecule has 0 spiro atoms. The Balaban J connectivity index is 1.77. The van der Waals surface area contributed by atoms with Crippen LogP contribution in [0.2, 0.25) is 0 Å². The minimum absolute atomic E-state index is 0.749. The van der Waals surface area contributed by atoms with Crippen LogP contribution in [0.4, 0.5) is 5.95 Å². The van der Waals surface area contributed by atoms with Gasteiger partial charge in [0.15, 0.2) is 0 Å². The van der Waals surface area contributed by atoms with Crippen LogP contribution in [-0.2, 0) is 0 Å². The Morgan fingerprint density at radius 1 is 1.29 bits per heavy atom. The lowest BCUT2D eigenvalue weighted by Gasteiger charge is -2.07. The average Bonchev–Trinajstić information content (AvgIpc) is 2.58. The van der Waals surface area contributed by atoms with Gasteiger partial charge in [0.25, 0.3) is 0 Å². The van der Waals surface area contributed by atoms with E-state index < -0.39 is 0 Å². The van der Waals surface area contributed by atoms with Crippen molar-refractivity contribution < 1.29 is 0 Å². The van der Waals surface area contributed by atoms with Gasteiger partial charge in [0, 0.05) is 18.4 Å². The summed E-state index contributed by atoms with van der Waals surface area (Å²) in [6, 6.07) is 1.92. The Hall–Kier alpha value is -1.38. The van der Waals surface area contributed by atoms with E-state index in [0.717, 1.165) is 24.6 Å². The van der Waals surface area contributed by atoms with Crippen molar-refractivity contribution in [2.45, 2.75) is 45.4 Å². The zero-order valence-electron chi connectivity index (χ0n) is 10.6. The molecule has 1 aromatic rings. The van der Waals surface area contributed by atoms with Gasteiger partial charge in [-0.25, -0.2) is 9.97 Å². The van der Waals surface area contributed by atoms with E-state index in [1.165, 1.54) is 32.1 Å². The maximum Gasteiger partial charge on any atom is 0.222 e. The van der Waals surface area contributed by atoms with Gasteiger partial charge >= 0.3 is 0 Å². The predicted molar refractivity (Wildman–Crippen MR) is 71.0 cm³/mol. The van der Waals surface area contributed by atoms with Gasteiger partial charge in [-0.15, -0.1) is 0 Å². The minimum atomic E-state index is 0.749. The second-order valence-corrected chi connectivity index (χ2v) is 4.66. The van der Waals surface area contributed by atoms with Crippen LogP contribution in [0.15, 0.2) is 23.9 Å². The number of aryl methyl sites for hydroxylation is 1. The molecule has 0 radical (unpaired) electrons. The van der Waals surface area contributed by atoms with Crippen molar-refractivity contribution in [1.82, 2.24) is 9.97 Å². The molecule has 3 heteroatoms. The molecule has 0 fully saturated rings. The summed E-state index contributed by atoms with van der Waals surface area (Å²) in [7, 11) is 0. The number of nitrogens with zero attached hydrogens (tertiary/aromatic N) is 2. The van der Waals surface area contributed by atoms with Crippen molar-refractivity contribution >= 4 is 5.95 Å². The van der Waals surface area contributed by atoms with Crippen LogP contribution in [0.5, 0.6) is 0 Å². The first-order valence-corrected chi connectivity index (χ1v) is 6.56. The van der Waals surface area contributed by atoms with Crippen molar-refractivity contribution in [3.63, 3.8) is 0 Å². The first kappa shape index (κ1) is 12.1. The van der Waals surface area contributed by atoms with Crippen LogP contribution in [-0.4, -0.2) is 16.5 Å². The van der Waals surface area contributed by atoms with E-state index in [0.29, 0.717) is 0 Å². The maximum atomic E-state index is 4.33. The van der Waals surface area contributed by atoms with E-state index in [2.05, 4.69) is 21.4 Å². The van der Waals surface area contributed by atoms with Crippen LogP contribution >= 0.6 is 0 Å². The molecule has 0 amide bonds. The SMILES string of the molecule is Cc1ccnc(NCCC2=CCCCCC2)n1. The average molecular weight is 231 g/mol. The van der Waals surface area contributed by atoms with Gasteiger partial charge in [0.05, 0.1) is 0 Å². The number of rotatable bonds is 4. The standard InChI is InChI=1S/C14H21N3/c1-12-8-10-15-14(17-12)16-11-9-13-6-4-2-3-5-7-13/h6,8,10H,2-5,7,9,11H2,1H3,(H,15,16,17). The van der Waals surface area contributed by atoms with E-state index in [1.807, 2.05) is 13.0 Å². The molecule has 17 heavy (non-hydrogen) atoms. The van der Waals surface area contributed by atoms with Crippen molar-refractivity contribution in [2.75, 3.05) is 11.9 Å². The van der Waals surface area contributed by atoms with Gasteiger partial charge in [-0.2, -0.15) is 0 Å². The van der Waals surface area contributed by atoms with E-state index in [1.54, 1.807) is 11.8 Å². The number of hydrogen-bond acceptors (Lipinski definition) is 3. The summed E-state index contributed by atoms with van der Waals surface area (Å²) in [5.74, 6) is 0.749. The molecule has 1 N–H and O–H groups in total. The molecule has 1 aromatic heterocycles. The lowest BCUT2D eigenvalue weighted by molar-refractivity contribution is 0.703. The van der Waals surface area contributed by atoms with E-state index in [9.17, 15) is 0 Å². The van der Waals surface area contributed by atoms with Crippen molar-refractivity contribution in [3.05, 3.63) is 29.6 Å². The van der Waals surface area contributed by atoms with Gasteiger partial charge < -0.3 is 5.32 Å². The van der Waals surface area contributed by atoms with Crippen LogP contribution in [0.1, 0.15) is 44.2 Å². The topological polar surface area (TPSA) is 37.8 Å². The first-order valence-electron chi connectivity index (χ1n) is 6.56. The fraction of sp³-hybridized carbons (Fsp3) is 0.571. The highest BCUT2D eigenvalue weighted by Gasteiger charge is 2.03. The Labute approximate surface area is 103 Å². The van der Waals surface area contributed by atoms with Crippen molar-refractivity contribution in [3.8, 4) is 0 Å². The van der Waals surface area contributed by atoms with Gasteiger partial charge in [-0.05, 0) is 45.1 Å². The molecule has 92 valence electrons. The lowest BCUT2D eigenvalue weighted by Crippen LogP contribution is -2.06. The highest BCUT2D eigenvalue weighted by molar-refractivity contribution is 5.25. The second kappa shape index (κ2) is 6.38. The van der Waals surface area contributed by atoms with Gasteiger partial charge in [-0.3, -0.25) is 0 Å². The zero-order valence-corrected chi connectivity index (χ0v) is 10.6. The normalized spacial score (nSPS) is 16.2. The smallest absolute Gasteiger partial charge is 0.222 e. The summed E-state index contributed by atoms with van der Waals surface area (Å²) in [6.45, 7) is 2.93. The molecular weight excluding hydrogens is 210 g/mol. The van der Waals surface area contributed by atoms with E-state index >= 15 is 0 Å². The molecule has 2 rings (SSSR count). The van der Waals surface area contributed by atoms with Crippen LogP contribution in [0.25, 0.3) is 0 Å². The molecule has 0 unspecified atom stereocenters. The third-order valence-corrected chi connectivity index (χ3v) is 3.16. The Kier molecular flexibility index (Phi) is 4.54. The first-order chi connectivity index (χ1) is 8.34. The summed E-state index contributed by atoms with van der Waals surface area (Å²) in [5.41, 5.74) is 2.61. The summed E-state index contributed by atoms with van der Waals surface area (Å²) in [5, 5.41) is 3.29.